The first kappa shape index (κ1) is 15.7. The summed E-state index contributed by atoms with van der Waals surface area (Å²) in [4.78, 5) is 24.7. The largest absolute Gasteiger partial charge is 0.337 e. The van der Waals surface area contributed by atoms with Crippen molar-refractivity contribution in [2.24, 2.45) is 0 Å². The fraction of sp³-hybridized carbons (Fsp3) is 0.500. The van der Waals surface area contributed by atoms with Crippen LogP contribution in [0.5, 0.6) is 0 Å². The van der Waals surface area contributed by atoms with Gasteiger partial charge in [0.05, 0.1) is 4.92 Å². The molecule has 114 valence electrons. The van der Waals surface area contributed by atoms with Crippen molar-refractivity contribution in [3.63, 3.8) is 0 Å². The number of nitrogens with one attached hydrogen (secondary N) is 1. The Morgan fingerprint density at radius 3 is 2.90 bits per heavy atom. The van der Waals surface area contributed by atoms with Crippen LogP contribution < -0.4 is 5.32 Å². The molecule has 7 heteroatoms. The van der Waals surface area contributed by atoms with Gasteiger partial charge < -0.3 is 10.2 Å². The van der Waals surface area contributed by atoms with Crippen molar-refractivity contribution in [2.75, 3.05) is 19.6 Å². The Balaban J connectivity index is 2.22. The summed E-state index contributed by atoms with van der Waals surface area (Å²) in [5.41, 5.74) is -0.158. The molecule has 1 heterocycles. The van der Waals surface area contributed by atoms with Crippen LogP contribution in [-0.2, 0) is 0 Å². The lowest BCUT2D eigenvalue weighted by atomic mass is 10.1. The van der Waals surface area contributed by atoms with E-state index in [9.17, 15) is 14.9 Å². The molecule has 1 aromatic carbocycles. The number of nitro groups is 1. The number of hydrogen-bond acceptors (Lipinski definition) is 4. The second-order valence-electron chi connectivity index (χ2n) is 5.06. The monoisotopic (exact) mass is 311 g/mol. The van der Waals surface area contributed by atoms with E-state index < -0.39 is 4.92 Å². The average molecular weight is 312 g/mol. The lowest BCUT2D eigenvalue weighted by Gasteiger charge is -2.24. The Morgan fingerprint density at radius 1 is 1.57 bits per heavy atom. The number of nitro benzene ring substituents is 1. The van der Waals surface area contributed by atoms with Gasteiger partial charge in [0.25, 0.3) is 11.6 Å². The smallest absolute Gasteiger partial charge is 0.283 e. The fourth-order valence-corrected chi connectivity index (χ4v) is 2.71. The minimum Gasteiger partial charge on any atom is -0.337 e. The molecule has 0 saturated carbocycles. The predicted octanol–water partition coefficient (Wildman–Crippen LogP) is 2.46. The first-order chi connectivity index (χ1) is 10.0. The Labute approximate surface area is 128 Å². The molecule has 1 aliphatic heterocycles. The highest BCUT2D eigenvalue weighted by Crippen LogP contribution is 2.24. The summed E-state index contributed by atoms with van der Waals surface area (Å²) >= 11 is 5.78. The molecule has 0 radical (unpaired) electrons. The molecule has 1 aromatic rings. The number of amides is 1. The lowest BCUT2D eigenvalue weighted by molar-refractivity contribution is -0.385. The van der Waals surface area contributed by atoms with E-state index >= 15 is 0 Å². The highest BCUT2D eigenvalue weighted by Gasteiger charge is 2.26. The van der Waals surface area contributed by atoms with Crippen molar-refractivity contribution in [3.05, 3.63) is 38.9 Å². The third-order valence-electron chi connectivity index (χ3n) is 3.66. The second-order valence-corrected chi connectivity index (χ2v) is 5.49. The van der Waals surface area contributed by atoms with Crippen molar-refractivity contribution in [2.45, 2.75) is 25.8 Å². The van der Waals surface area contributed by atoms with Crippen molar-refractivity contribution in [1.82, 2.24) is 10.2 Å². The summed E-state index contributed by atoms with van der Waals surface area (Å²) < 4.78 is 0. The van der Waals surface area contributed by atoms with Crippen LogP contribution in [0.25, 0.3) is 0 Å². The van der Waals surface area contributed by atoms with Crippen LogP contribution in [0.4, 0.5) is 5.69 Å². The third-order valence-corrected chi connectivity index (χ3v) is 3.89. The SMILES string of the molecule is CCN(CC1CCCN1)C(=O)c1ccc(Cl)cc1[N+](=O)[O-]. The van der Waals surface area contributed by atoms with Gasteiger partial charge in [-0.3, -0.25) is 14.9 Å². The number of carbonyl (C=O) groups is 1. The van der Waals surface area contributed by atoms with Gasteiger partial charge in [0.1, 0.15) is 5.56 Å². The van der Waals surface area contributed by atoms with Gasteiger partial charge in [-0.15, -0.1) is 0 Å². The molecule has 1 N–H and O–H groups in total. The van der Waals surface area contributed by atoms with Crippen molar-refractivity contribution < 1.29 is 9.72 Å². The van der Waals surface area contributed by atoms with Gasteiger partial charge in [-0.25, -0.2) is 0 Å². The van der Waals surface area contributed by atoms with Crippen LogP contribution in [0.3, 0.4) is 0 Å². The molecule has 0 bridgehead atoms. The zero-order chi connectivity index (χ0) is 15.4. The van der Waals surface area contributed by atoms with E-state index in [2.05, 4.69) is 5.32 Å². The maximum Gasteiger partial charge on any atom is 0.283 e. The number of hydrogen-bond donors (Lipinski definition) is 1. The quantitative estimate of drug-likeness (QED) is 0.669. The van der Waals surface area contributed by atoms with Gasteiger partial charge in [0, 0.05) is 30.2 Å². The molecule has 6 nitrogen and oxygen atoms in total. The molecule has 1 saturated heterocycles. The number of benzene rings is 1. The number of nitrogens with zero attached hydrogens (tertiary/aromatic N) is 2. The highest BCUT2D eigenvalue weighted by atomic mass is 35.5. The fourth-order valence-electron chi connectivity index (χ4n) is 2.54. The van der Waals surface area contributed by atoms with Gasteiger partial charge >= 0.3 is 0 Å². The predicted molar refractivity (Wildman–Crippen MR) is 80.7 cm³/mol. The molecule has 1 amide bonds. The molecule has 0 aromatic heterocycles. The summed E-state index contributed by atoms with van der Waals surface area (Å²) in [5, 5.41) is 14.7. The van der Waals surface area contributed by atoms with E-state index in [1.807, 2.05) is 6.92 Å². The Kier molecular flexibility index (Phi) is 5.14. The van der Waals surface area contributed by atoms with E-state index in [0.717, 1.165) is 19.4 Å². The van der Waals surface area contributed by atoms with E-state index in [1.54, 1.807) is 4.90 Å². The van der Waals surface area contributed by atoms with Gasteiger partial charge in [-0.05, 0) is 38.4 Å². The van der Waals surface area contributed by atoms with Crippen LogP contribution >= 0.6 is 11.6 Å². The molecule has 1 fully saturated rings. The van der Waals surface area contributed by atoms with E-state index in [-0.39, 0.29) is 28.2 Å². The molecular formula is C14H18ClN3O3. The van der Waals surface area contributed by atoms with Crippen molar-refractivity contribution in [1.29, 1.82) is 0 Å². The summed E-state index contributed by atoms with van der Waals surface area (Å²) in [5.74, 6) is -0.324. The van der Waals surface area contributed by atoms with Gasteiger partial charge in [-0.1, -0.05) is 11.6 Å². The first-order valence-electron chi connectivity index (χ1n) is 6.99. The van der Waals surface area contributed by atoms with E-state index in [0.29, 0.717) is 13.1 Å². The summed E-state index contributed by atoms with van der Waals surface area (Å²) in [7, 11) is 0. The first-order valence-corrected chi connectivity index (χ1v) is 7.37. The Bertz CT molecular complexity index is 544. The Morgan fingerprint density at radius 2 is 2.33 bits per heavy atom. The summed E-state index contributed by atoms with van der Waals surface area (Å²) in [6.07, 6.45) is 2.12. The zero-order valence-corrected chi connectivity index (χ0v) is 12.6. The minimum atomic E-state index is -0.569. The second kappa shape index (κ2) is 6.87. The van der Waals surface area contributed by atoms with E-state index in [1.165, 1.54) is 18.2 Å². The molecule has 0 spiro atoms. The van der Waals surface area contributed by atoms with Crippen LogP contribution in [0.2, 0.25) is 5.02 Å². The maximum absolute atomic E-state index is 12.6. The summed E-state index contributed by atoms with van der Waals surface area (Å²) in [6, 6.07) is 4.41. The molecule has 21 heavy (non-hydrogen) atoms. The average Bonchev–Trinajstić information content (AvgIpc) is 2.97. The highest BCUT2D eigenvalue weighted by molar-refractivity contribution is 6.31. The van der Waals surface area contributed by atoms with Crippen LogP contribution in [-0.4, -0.2) is 41.4 Å². The molecule has 1 unspecified atom stereocenters. The molecule has 1 atom stereocenters. The zero-order valence-electron chi connectivity index (χ0n) is 11.8. The van der Waals surface area contributed by atoms with Gasteiger partial charge in [-0.2, -0.15) is 0 Å². The van der Waals surface area contributed by atoms with Gasteiger partial charge in [0.2, 0.25) is 0 Å². The lowest BCUT2D eigenvalue weighted by Crippen LogP contribution is -2.41. The molecule has 1 aliphatic rings. The van der Waals surface area contributed by atoms with Crippen LogP contribution in [0.15, 0.2) is 18.2 Å². The molecular weight excluding hydrogens is 294 g/mol. The number of carbonyl (C=O) groups excluding carboxylic acids is 1. The van der Waals surface area contributed by atoms with Crippen LogP contribution in [0, 0.1) is 10.1 Å². The minimum absolute atomic E-state index is 0.0873. The summed E-state index contributed by atoms with van der Waals surface area (Å²) in [6.45, 7) is 3.90. The normalized spacial score (nSPS) is 17.7. The third kappa shape index (κ3) is 3.71. The topological polar surface area (TPSA) is 75.5 Å². The van der Waals surface area contributed by atoms with E-state index in [4.69, 9.17) is 11.6 Å². The van der Waals surface area contributed by atoms with Crippen molar-refractivity contribution in [3.8, 4) is 0 Å². The van der Waals surface area contributed by atoms with Crippen LogP contribution in [0.1, 0.15) is 30.1 Å². The Hall–Kier alpha value is -1.66. The molecule has 0 aliphatic carbocycles. The number of halogens is 1. The standard InChI is InChI=1S/C14H18ClN3O3/c1-2-17(9-11-4-3-7-16-11)14(19)12-6-5-10(15)8-13(12)18(20)21/h5-6,8,11,16H,2-4,7,9H2,1H3. The maximum atomic E-state index is 12.6. The van der Waals surface area contributed by atoms with Crippen molar-refractivity contribution >= 4 is 23.2 Å². The number of rotatable bonds is 5. The molecule has 2 rings (SSSR count). The van der Waals surface area contributed by atoms with Gasteiger partial charge in [0.15, 0.2) is 0 Å². The number of likely N-dealkylation sites (N-methyl/N-ethyl adjacent to an activating group) is 1.